The van der Waals surface area contributed by atoms with Gasteiger partial charge in [-0.3, -0.25) is 0 Å². The Morgan fingerprint density at radius 1 is 0.463 bits per heavy atom. The van der Waals surface area contributed by atoms with Gasteiger partial charge in [0.2, 0.25) is 0 Å². The Bertz CT molecular complexity index is 3100. The van der Waals surface area contributed by atoms with Crippen molar-refractivity contribution in [3.8, 4) is 44.8 Å². The molecule has 9 aromatic rings. The summed E-state index contributed by atoms with van der Waals surface area (Å²) < 4.78 is 5.01. The van der Waals surface area contributed by atoms with Crippen molar-refractivity contribution in [2.75, 3.05) is 0 Å². The molecule has 12 rings (SSSR count). The second-order valence-corrected chi connectivity index (χ2v) is 14.9. The lowest BCUT2D eigenvalue weighted by Crippen LogP contribution is -2.33. The third-order valence-electron chi connectivity index (χ3n) is 12.2. The number of para-hydroxylation sites is 2. The zero-order valence-corrected chi connectivity index (χ0v) is 29.6. The van der Waals surface area contributed by atoms with Crippen LogP contribution in [0.3, 0.4) is 0 Å². The van der Waals surface area contributed by atoms with Crippen LogP contribution < -0.4 is 0 Å². The van der Waals surface area contributed by atoms with Crippen molar-refractivity contribution in [2.45, 2.75) is 11.8 Å². The van der Waals surface area contributed by atoms with E-state index in [0.717, 1.165) is 6.42 Å². The molecule has 0 radical (unpaired) electrons. The second kappa shape index (κ2) is 11.1. The highest BCUT2D eigenvalue weighted by Crippen LogP contribution is 2.58. The number of hydrogen-bond donors (Lipinski definition) is 0. The molecule has 0 N–H and O–H groups in total. The topological polar surface area (TPSA) is 9.86 Å². The summed E-state index contributed by atoms with van der Waals surface area (Å²) in [6.45, 7) is 0. The number of nitrogens with zero attached hydrogens (tertiary/aromatic N) is 2. The summed E-state index contributed by atoms with van der Waals surface area (Å²) in [5, 5.41) is 3.83. The fraction of sp³-hybridized carbons (Fsp3) is 0.0385. The number of benzene rings is 7. The van der Waals surface area contributed by atoms with Crippen LogP contribution in [0.2, 0.25) is 0 Å². The first-order chi connectivity index (χ1) is 26.8. The molecule has 7 aromatic carbocycles. The van der Waals surface area contributed by atoms with Crippen molar-refractivity contribution >= 4 is 44.4 Å². The standard InChI is InChI=1S/C52H34N2/c1-3-12-34(13-4-1)35-22-26-39(27-23-35)53-47-21-8-7-16-41(47)44-32-37(24-28-48(44)53)38-25-29-49-45(33-38)42-19-10-30-52-31-11-20-46(52)43-18-9-17-40(36-14-5-2-6-15-36)50(43)54(49)51(42)52/h1-29,31-33H,30H2. The van der Waals surface area contributed by atoms with Crippen LogP contribution in [-0.4, -0.2) is 9.13 Å². The highest BCUT2D eigenvalue weighted by molar-refractivity contribution is 6.11. The van der Waals surface area contributed by atoms with Crippen molar-refractivity contribution in [3.05, 3.63) is 205 Å². The van der Waals surface area contributed by atoms with Crippen molar-refractivity contribution in [1.29, 1.82) is 0 Å². The average Bonchev–Trinajstić information content (AvgIpc) is 3.92. The van der Waals surface area contributed by atoms with Gasteiger partial charge in [-0.15, -0.1) is 0 Å². The summed E-state index contributed by atoms with van der Waals surface area (Å²) in [5.41, 5.74) is 18.9. The highest BCUT2D eigenvalue weighted by Gasteiger charge is 2.47. The first kappa shape index (κ1) is 29.7. The molecule has 2 nitrogen and oxygen atoms in total. The molecule has 2 heteroatoms. The molecule has 1 atom stereocenters. The van der Waals surface area contributed by atoms with E-state index in [1.54, 1.807) is 0 Å². The maximum atomic E-state index is 2.60. The summed E-state index contributed by atoms with van der Waals surface area (Å²) in [4.78, 5) is 0. The van der Waals surface area contributed by atoms with Crippen LogP contribution >= 0.6 is 0 Å². The molecule has 3 aliphatic rings. The molecular formula is C52H34N2. The molecule has 54 heavy (non-hydrogen) atoms. The zero-order chi connectivity index (χ0) is 35.4. The van der Waals surface area contributed by atoms with Crippen molar-refractivity contribution < 1.29 is 0 Å². The third kappa shape index (κ3) is 4.00. The predicted molar refractivity (Wildman–Crippen MR) is 226 cm³/mol. The number of aromatic nitrogens is 2. The van der Waals surface area contributed by atoms with Crippen molar-refractivity contribution in [2.24, 2.45) is 0 Å². The molecule has 2 aromatic heterocycles. The summed E-state index contributed by atoms with van der Waals surface area (Å²) >= 11 is 0. The third-order valence-corrected chi connectivity index (χ3v) is 12.2. The summed E-state index contributed by atoms with van der Waals surface area (Å²) in [7, 11) is 0. The van der Waals surface area contributed by atoms with Crippen molar-refractivity contribution in [3.63, 3.8) is 0 Å². The van der Waals surface area contributed by atoms with Gasteiger partial charge in [-0.25, -0.2) is 0 Å². The second-order valence-electron chi connectivity index (χ2n) is 14.9. The minimum absolute atomic E-state index is 0.161. The molecule has 1 spiro atoms. The highest BCUT2D eigenvalue weighted by atomic mass is 15.0. The van der Waals surface area contributed by atoms with Crippen LogP contribution in [0.1, 0.15) is 23.2 Å². The lowest BCUT2D eigenvalue weighted by molar-refractivity contribution is 0.648. The lowest BCUT2D eigenvalue weighted by atomic mass is 9.68. The molecule has 1 aliphatic heterocycles. The molecule has 0 saturated heterocycles. The van der Waals surface area contributed by atoms with Gasteiger partial charge in [0, 0.05) is 44.2 Å². The average molecular weight is 687 g/mol. The minimum atomic E-state index is -0.161. The van der Waals surface area contributed by atoms with Gasteiger partial charge in [-0.05, 0) is 82.3 Å². The fourth-order valence-corrected chi connectivity index (χ4v) is 9.77. The first-order valence-electron chi connectivity index (χ1n) is 18.9. The van der Waals surface area contributed by atoms with E-state index in [9.17, 15) is 0 Å². The predicted octanol–water partition coefficient (Wildman–Crippen LogP) is 13.4. The Morgan fingerprint density at radius 2 is 1.09 bits per heavy atom. The van der Waals surface area contributed by atoms with Gasteiger partial charge < -0.3 is 9.13 Å². The maximum absolute atomic E-state index is 2.60. The van der Waals surface area contributed by atoms with Gasteiger partial charge in [0.1, 0.15) is 0 Å². The smallest absolute Gasteiger partial charge is 0.0613 e. The van der Waals surface area contributed by atoms with Crippen LogP contribution in [0.15, 0.2) is 188 Å². The first-order valence-corrected chi connectivity index (χ1v) is 18.9. The quantitative estimate of drug-likeness (QED) is 0.174. The van der Waals surface area contributed by atoms with E-state index in [2.05, 4.69) is 203 Å². The molecular weight excluding hydrogens is 653 g/mol. The van der Waals surface area contributed by atoms with E-state index in [4.69, 9.17) is 0 Å². The molecule has 0 amide bonds. The number of rotatable bonds is 4. The van der Waals surface area contributed by atoms with E-state index >= 15 is 0 Å². The molecule has 0 saturated carbocycles. The SMILES string of the molecule is C1=CC23CC=Cc4c2n(c2ccc(-c5ccc6c(c5)c5ccccc5n6-c5ccc(-c6ccccc6)cc5)cc42)-c2c(cccc2-c2ccccc2)C3=C1. The Hall–Kier alpha value is -6.90. The summed E-state index contributed by atoms with van der Waals surface area (Å²) in [6.07, 6.45) is 12.8. The summed E-state index contributed by atoms with van der Waals surface area (Å²) in [6, 6.07) is 60.2. The molecule has 2 aliphatic carbocycles. The van der Waals surface area contributed by atoms with Crippen LogP contribution in [0.25, 0.3) is 89.1 Å². The molecule has 252 valence electrons. The number of allylic oxidation sites excluding steroid dienone is 5. The number of hydrogen-bond acceptors (Lipinski definition) is 0. The van der Waals surface area contributed by atoms with Crippen LogP contribution in [0, 0.1) is 0 Å². The fourth-order valence-electron chi connectivity index (χ4n) is 9.77. The molecule has 1 unspecified atom stereocenters. The zero-order valence-electron chi connectivity index (χ0n) is 29.6. The minimum Gasteiger partial charge on any atom is -0.310 e. The molecule has 0 fully saturated rings. The van der Waals surface area contributed by atoms with E-state index in [1.165, 1.54) is 99.9 Å². The van der Waals surface area contributed by atoms with Crippen LogP contribution in [0.4, 0.5) is 0 Å². The van der Waals surface area contributed by atoms with E-state index < -0.39 is 0 Å². The van der Waals surface area contributed by atoms with Crippen LogP contribution in [-0.2, 0) is 5.41 Å². The monoisotopic (exact) mass is 686 g/mol. The van der Waals surface area contributed by atoms with Crippen LogP contribution in [0.5, 0.6) is 0 Å². The maximum Gasteiger partial charge on any atom is 0.0613 e. The van der Waals surface area contributed by atoms with Crippen molar-refractivity contribution in [1.82, 2.24) is 9.13 Å². The van der Waals surface area contributed by atoms with Gasteiger partial charge in [-0.1, -0.05) is 152 Å². The Labute approximate surface area is 313 Å². The van der Waals surface area contributed by atoms with E-state index in [0.29, 0.717) is 0 Å². The lowest BCUT2D eigenvalue weighted by Gasteiger charge is -2.40. The van der Waals surface area contributed by atoms with Gasteiger partial charge >= 0.3 is 0 Å². The van der Waals surface area contributed by atoms with E-state index in [1.807, 2.05) is 0 Å². The Kier molecular flexibility index (Phi) is 6.07. The van der Waals surface area contributed by atoms with E-state index in [-0.39, 0.29) is 5.41 Å². The van der Waals surface area contributed by atoms with Gasteiger partial charge in [0.05, 0.1) is 27.7 Å². The van der Waals surface area contributed by atoms with Gasteiger partial charge in [0.15, 0.2) is 0 Å². The normalized spacial score (nSPS) is 16.5. The molecule has 0 bridgehead atoms. The molecule has 3 heterocycles. The number of fused-ring (bicyclic) bond motifs is 9. The van der Waals surface area contributed by atoms with Gasteiger partial charge in [0.25, 0.3) is 0 Å². The summed E-state index contributed by atoms with van der Waals surface area (Å²) in [5.74, 6) is 0. The van der Waals surface area contributed by atoms with Gasteiger partial charge in [-0.2, -0.15) is 0 Å². The Balaban J connectivity index is 1.04. The Morgan fingerprint density at radius 3 is 1.89 bits per heavy atom. The largest absolute Gasteiger partial charge is 0.310 e.